The van der Waals surface area contributed by atoms with Crippen molar-refractivity contribution >= 4 is 18.5 Å². The summed E-state index contributed by atoms with van der Waals surface area (Å²) in [6.07, 6.45) is -0.477. The first-order chi connectivity index (χ1) is 9.81. The van der Waals surface area contributed by atoms with Gasteiger partial charge in [0.2, 0.25) is 0 Å². The number of benzene rings is 2. The third-order valence-corrected chi connectivity index (χ3v) is 3.59. The number of rotatable bonds is 3. The summed E-state index contributed by atoms with van der Waals surface area (Å²) >= 11 is 0. The lowest BCUT2D eigenvalue weighted by atomic mass is 9.98. The highest BCUT2D eigenvalue weighted by molar-refractivity contribution is 5.85. The van der Waals surface area contributed by atoms with Crippen LogP contribution < -0.4 is 11.1 Å². The quantitative estimate of drug-likeness (QED) is 0.857. The maximum absolute atomic E-state index is 11.4. The number of fused-ring (bicyclic) bond motifs is 3. The maximum atomic E-state index is 11.4. The van der Waals surface area contributed by atoms with Gasteiger partial charge in [0.15, 0.2) is 0 Å². The van der Waals surface area contributed by atoms with Crippen molar-refractivity contribution in [1.29, 1.82) is 0 Å². The van der Waals surface area contributed by atoms with Crippen molar-refractivity contribution in [3.8, 4) is 11.1 Å². The number of carbonyl (C=O) groups excluding carboxylic acids is 1. The molecule has 3 N–H and O–H groups in total. The molecule has 0 saturated carbocycles. The van der Waals surface area contributed by atoms with Gasteiger partial charge in [-0.25, -0.2) is 4.79 Å². The van der Waals surface area contributed by atoms with Crippen LogP contribution in [0.1, 0.15) is 17.0 Å². The fraction of sp³-hybridized carbons (Fsp3) is 0.188. The third kappa shape index (κ3) is 2.86. The molecule has 0 bridgehead atoms. The van der Waals surface area contributed by atoms with Crippen molar-refractivity contribution in [1.82, 2.24) is 5.32 Å². The van der Waals surface area contributed by atoms with E-state index in [0.29, 0.717) is 6.61 Å². The van der Waals surface area contributed by atoms with Crippen molar-refractivity contribution in [3.05, 3.63) is 59.7 Å². The van der Waals surface area contributed by atoms with E-state index in [1.165, 1.54) is 22.3 Å². The monoisotopic (exact) mass is 304 g/mol. The van der Waals surface area contributed by atoms with Gasteiger partial charge >= 0.3 is 6.09 Å². The largest absolute Gasteiger partial charge is 0.449 e. The maximum Gasteiger partial charge on any atom is 0.408 e. The van der Waals surface area contributed by atoms with Gasteiger partial charge in [-0.15, -0.1) is 12.4 Å². The molecule has 4 nitrogen and oxygen atoms in total. The highest BCUT2D eigenvalue weighted by Crippen LogP contribution is 2.44. The Hall–Kier alpha value is -2.04. The first-order valence-electron chi connectivity index (χ1n) is 6.60. The van der Waals surface area contributed by atoms with Crippen LogP contribution >= 0.6 is 12.4 Å². The highest BCUT2D eigenvalue weighted by atomic mass is 35.5. The topological polar surface area (TPSA) is 64.3 Å². The molecule has 0 radical (unpaired) electrons. The summed E-state index contributed by atoms with van der Waals surface area (Å²) in [7, 11) is 0. The predicted molar refractivity (Wildman–Crippen MR) is 84.5 cm³/mol. The molecule has 2 aromatic rings. The molecule has 3 rings (SSSR count). The normalized spacial score (nSPS) is 12.0. The molecule has 0 atom stereocenters. The van der Waals surface area contributed by atoms with Gasteiger partial charge in [0.25, 0.3) is 0 Å². The van der Waals surface area contributed by atoms with Crippen molar-refractivity contribution in [2.75, 3.05) is 13.3 Å². The van der Waals surface area contributed by atoms with Crippen LogP contribution in [-0.4, -0.2) is 19.4 Å². The molecule has 0 saturated heterocycles. The molecule has 0 heterocycles. The van der Waals surface area contributed by atoms with Gasteiger partial charge in [-0.2, -0.15) is 0 Å². The number of alkyl carbamates (subject to hydrolysis) is 1. The zero-order valence-corrected chi connectivity index (χ0v) is 12.2. The fourth-order valence-corrected chi connectivity index (χ4v) is 2.73. The SMILES string of the molecule is Cl.NCNC(=O)OCC1c2ccccc2-c2ccccc21. The summed E-state index contributed by atoms with van der Waals surface area (Å²) in [5.41, 5.74) is 10.1. The number of nitrogens with two attached hydrogens (primary N) is 1. The van der Waals surface area contributed by atoms with E-state index in [4.69, 9.17) is 10.5 Å². The van der Waals surface area contributed by atoms with Crippen molar-refractivity contribution in [3.63, 3.8) is 0 Å². The Morgan fingerprint density at radius 1 is 1.05 bits per heavy atom. The molecular formula is C16H17ClN2O2. The van der Waals surface area contributed by atoms with Crippen LogP contribution in [0.3, 0.4) is 0 Å². The van der Waals surface area contributed by atoms with Crippen molar-refractivity contribution in [2.24, 2.45) is 5.73 Å². The van der Waals surface area contributed by atoms with E-state index in [0.717, 1.165) is 0 Å². The lowest BCUT2D eigenvalue weighted by Gasteiger charge is -2.14. The van der Waals surface area contributed by atoms with E-state index in [9.17, 15) is 4.79 Å². The average Bonchev–Trinajstić information content (AvgIpc) is 2.80. The summed E-state index contributed by atoms with van der Waals surface area (Å²) in [6.45, 7) is 0.399. The molecule has 5 heteroatoms. The first kappa shape index (κ1) is 15.4. The van der Waals surface area contributed by atoms with Crippen LogP contribution in [0, 0.1) is 0 Å². The van der Waals surface area contributed by atoms with Crippen LogP contribution in [-0.2, 0) is 4.74 Å². The summed E-state index contributed by atoms with van der Waals surface area (Å²) in [4.78, 5) is 11.4. The van der Waals surface area contributed by atoms with Gasteiger partial charge in [-0.05, 0) is 22.3 Å². The number of carbonyl (C=O) groups is 1. The molecule has 0 unspecified atom stereocenters. The summed E-state index contributed by atoms with van der Waals surface area (Å²) in [5.74, 6) is 0.0888. The smallest absolute Gasteiger partial charge is 0.408 e. The first-order valence-corrected chi connectivity index (χ1v) is 6.60. The van der Waals surface area contributed by atoms with Gasteiger partial charge in [0.1, 0.15) is 6.61 Å². The second-order valence-electron chi connectivity index (χ2n) is 4.71. The number of ether oxygens (including phenoxy) is 1. The Labute approximate surface area is 129 Å². The van der Waals surface area contributed by atoms with E-state index >= 15 is 0 Å². The minimum Gasteiger partial charge on any atom is -0.449 e. The standard InChI is InChI=1S/C16H16N2O2.ClH/c17-10-18-16(19)20-9-15-13-7-3-1-5-11(13)12-6-2-4-8-14(12)15;/h1-8,15H,9-10,17H2,(H,18,19);1H. The Bertz CT molecular complexity index is 600. The molecule has 1 aliphatic carbocycles. The van der Waals surface area contributed by atoms with Gasteiger partial charge in [-0.3, -0.25) is 0 Å². The molecule has 0 aliphatic heterocycles. The molecule has 0 aromatic heterocycles. The molecule has 1 amide bonds. The fourth-order valence-electron chi connectivity index (χ4n) is 2.73. The highest BCUT2D eigenvalue weighted by Gasteiger charge is 2.28. The number of amides is 1. The average molecular weight is 305 g/mol. The van der Waals surface area contributed by atoms with Crippen LogP contribution in [0.25, 0.3) is 11.1 Å². The summed E-state index contributed by atoms with van der Waals surface area (Å²) in [5, 5.41) is 2.43. The van der Waals surface area contributed by atoms with E-state index in [-0.39, 0.29) is 25.0 Å². The number of hydrogen-bond donors (Lipinski definition) is 2. The second kappa shape index (κ2) is 6.61. The zero-order chi connectivity index (χ0) is 13.9. The lowest BCUT2D eigenvalue weighted by molar-refractivity contribution is 0.143. The predicted octanol–water partition coefficient (Wildman–Crippen LogP) is 2.86. The Balaban J connectivity index is 0.00000161. The Kier molecular flexibility index (Phi) is 4.83. The van der Waals surface area contributed by atoms with Crippen LogP contribution in [0.5, 0.6) is 0 Å². The molecule has 0 fully saturated rings. The Morgan fingerprint density at radius 3 is 2.10 bits per heavy atom. The molecular weight excluding hydrogens is 288 g/mol. The third-order valence-electron chi connectivity index (χ3n) is 3.59. The lowest BCUT2D eigenvalue weighted by Crippen LogP contribution is -2.31. The minimum absolute atomic E-state index is 0. The molecule has 1 aliphatic rings. The molecule has 21 heavy (non-hydrogen) atoms. The van der Waals surface area contributed by atoms with Gasteiger partial charge < -0.3 is 15.8 Å². The molecule has 2 aromatic carbocycles. The minimum atomic E-state index is -0.477. The van der Waals surface area contributed by atoms with Crippen LogP contribution in [0.15, 0.2) is 48.5 Å². The molecule has 110 valence electrons. The van der Waals surface area contributed by atoms with E-state index in [1.54, 1.807) is 0 Å². The summed E-state index contributed by atoms with van der Waals surface area (Å²) < 4.78 is 5.25. The van der Waals surface area contributed by atoms with E-state index < -0.39 is 6.09 Å². The second-order valence-corrected chi connectivity index (χ2v) is 4.71. The van der Waals surface area contributed by atoms with Crippen molar-refractivity contribution < 1.29 is 9.53 Å². The number of nitrogens with one attached hydrogen (secondary N) is 1. The molecule has 0 spiro atoms. The van der Waals surface area contributed by atoms with Gasteiger partial charge in [0, 0.05) is 5.92 Å². The van der Waals surface area contributed by atoms with E-state index in [1.807, 2.05) is 24.3 Å². The van der Waals surface area contributed by atoms with Crippen LogP contribution in [0.2, 0.25) is 0 Å². The van der Waals surface area contributed by atoms with Crippen LogP contribution in [0.4, 0.5) is 4.79 Å². The van der Waals surface area contributed by atoms with Gasteiger partial charge in [-0.1, -0.05) is 48.5 Å². The van der Waals surface area contributed by atoms with E-state index in [2.05, 4.69) is 29.6 Å². The Morgan fingerprint density at radius 2 is 1.57 bits per heavy atom. The summed E-state index contributed by atoms with van der Waals surface area (Å²) in [6, 6.07) is 16.5. The van der Waals surface area contributed by atoms with Gasteiger partial charge in [0.05, 0.1) is 6.67 Å². The number of halogens is 1. The van der Waals surface area contributed by atoms with Crippen molar-refractivity contribution in [2.45, 2.75) is 5.92 Å². The zero-order valence-electron chi connectivity index (χ0n) is 11.4. The number of hydrogen-bond acceptors (Lipinski definition) is 3.